The fourth-order valence-corrected chi connectivity index (χ4v) is 2.17. The molecule has 0 bridgehead atoms. The van der Waals surface area contributed by atoms with Crippen molar-refractivity contribution < 1.29 is 14.3 Å². The quantitative estimate of drug-likeness (QED) is 0.640. The first-order valence-electron chi connectivity index (χ1n) is 4.85. The van der Waals surface area contributed by atoms with Crippen molar-refractivity contribution in [3.05, 3.63) is 0 Å². The normalized spacial score (nSPS) is 32.5. The van der Waals surface area contributed by atoms with Gasteiger partial charge in [-0.25, -0.2) is 4.79 Å². The van der Waals surface area contributed by atoms with E-state index in [1.807, 2.05) is 0 Å². The van der Waals surface area contributed by atoms with Crippen LogP contribution in [-0.2, 0) is 9.53 Å². The van der Waals surface area contributed by atoms with Gasteiger partial charge < -0.3 is 10.1 Å². The SMILES string of the molecule is COC1CCC(N2C(=O)CNC2=O)C1. The van der Waals surface area contributed by atoms with Crippen LogP contribution in [0.4, 0.5) is 4.79 Å². The zero-order chi connectivity index (χ0) is 10.1. The van der Waals surface area contributed by atoms with Crippen molar-refractivity contribution in [2.45, 2.75) is 31.4 Å². The molecular formula is C9H14N2O3. The molecule has 1 heterocycles. The van der Waals surface area contributed by atoms with E-state index in [9.17, 15) is 9.59 Å². The fraction of sp³-hybridized carbons (Fsp3) is 0.778. The van der Waals surface area contributed by atoms with E-state index in [1.165, 1.54) is 4.90 Å². The van der Waals surface area contributed by atoms with Gasteiger partial charge in [0.2, 0.25) is 5.91 Å². The largest absolute Gasteiger partial charge is 0.381 e. The van der Waals surface area contributed by atoms with Gasteiger partial charge in [0.05, 0.1) is 12.6 Å². The number of carbonyl (C=O) groups excluding carboxylic acids is 2. The van der Waals surface area contributed by atoms with Crippen LogP contribution in [0.15, 0.2) is 0 Å². The molecule has 0 aromatic heterocycles. The molecule has 2 unspecified atom stereocenters. The molecule has 3 amide bonds. The summed E-state index contributed by atoms with van der Waals surface area (Å²) in [4.78, 5) is 24.0. The van der Waals surface area contributed by atoms with Gasteiger partial charge in [-0.3, -0.25) is 9.69 Å². The van der Waals surface area contributed by atoms with Crippen molar-refractivity contribution in [2.24, 2.45) is 0 Å². The van der Waals surface area contributed by atoms with E-state index in [0.29, 0.717) is 0 Å². The highest BCUT2D eigenvalue weighted by Crippen LogP contribution is 2.27. The van der Waals surface area contributed by atoms with Crippen molar-refractivity contribution in [1.29, 1.82) is 0 Å². The molecule has 0 aromatic carbocycles. The Hall–Kier alpha value is -1.10. The van der Waals surface area contributed by atoms with E-state index in [0.717, 1.165) is 19.3 Å². The van der Waals surface area contributed by atoms with Gasteiger partial charge in [-0.2, -0.15) is 0 Å². The maximum atomic E-state index is 11.4. The minimum atomic E-state index is -0.253. The molecular weight excluding hydrogens is 184 g/mol. The molecule has 1 aliphatic heterocycles. The molecule has 2 rings (SSSR count). The van der Waals surface area contributed by atoms with E-state index in [2.05, 4.69) is 5.32 Å². The Morgan fingerprint density at radius 1 is 1.43 bits per heavy atom. The third-order valence-corrected chi connectivity index (χ3v) is 2.93. The number of imide groups is 1. The number of nitrogens with zero attached hydrogens (tertiary/aromatic N) is 1. The molecule has 0 spiro atoms. The van der Waals surface area contributed by atoms with Crippen LogP contribution in [0.3, 0.4) is 0 Å². The van der Waals surface area contributed by atoms with E-state index in [1.54, 1.807) is 7.11 Å². The van der Waals surface area contributed by atoms with Crippen LogP contribution in [0.25, 0.3) is 0 Å². The van der Waals surface area contributed by atoms with Crippen LogP contribution in [0, 0.1) is 0 Å². The summed E-state index contributed by atoms with van der Waals surface area (Å²) < 4.78 is 5.20. The molecule has 14 heavy (non-hydrogen) atoms. The molecule has 0 aromatic rings. The van der Waals surface area contributed by atoms with Gasteiger partial charge in [-0.15, -0.1) is 0 Å². The average molecular weight is 198 g/mol. The Kier molecular flexibility index (Phi) is 2.41. The summed E-state index contributed by atoms with van der Waals surface area (Å²) in [6, 6.07) is -0.216. The second-order valence-electron chi connectivity index (χ2n) is 3.75. The van der Waals surface area contributed by atoms with Crippen molar-refractivity contribution in [3.63, 3.8) is 0 Å². The summed E-state index contributed by atoms with van der Waals surface area (Å²) in [5.41, 5.74) is 0. The van der Waals surface area contributed by atoms with Crippen molar-refractivity contribution in [3.8, 4) is 0 Å². The predicted molar refractivity (Wildman–Crippen MR) is 48.7 cm³/mol. The first-order chi connectivity index (χ1) is 6.72. The number of carbonyl (C=O) groups is 2. The Labute approximate surface area is 82.4 Å². The summed E-state index contributed by atoms with van der Waals surface area (Å²) in [6.45, 7) is 0.146. The number of urea groups is 1. The maximum Gasteiger partial charge on any atom is 0.324 e. The smallest absolute Gasteiger partial charge is 0.324 e. The molecule has 78 valence electrons. The van der Waals surface area contributed by atoms with E-state index >= 15 is 0 Å². The Morgan fingerprint density at radius 2 is 2.21 bits per heavy atom. The van der Waals surface area contributed by atoms with Gasteiger partial charge in [-0.1, -0.05) is 0 Å². The van der Waals surface area contributed by atoms with Gasteiger partial charge in [0.25, 0.3) is 0 Å². The van der Waals surface area contributed by atoms with Crippen LogP contribution >= 0.6 is 0 Å². The van der Waals surface area contributed by atoms with Gasteiger partial charge in [0.1, 0.15) is 0 Å². The van der Waals surface area contributed by atoms with Crippen LogP contribution in [-0.4, -0.2) is 42.6 Å². The molecule has 1 saturated carbocycles. The molecule has 2 aliphatic rings. The topological polar surface area (TPSA) is 58.6 Å². The number of ether oxygens (including phenoxy) is 1. The third-order valence-electron chi connectivity index (χ3n) is 2.93. The average Bonchev–Trinajstić information content (AvgIpc) is 2.73. The van der Waals surface area contributed by atoms with Gasteiger partial charge >= 0.3 is 6.03 Å². The number of hydrogen-bond donors (Lipinski definition) is 1. The summed E-state index contributed by atoms with van der Waals surface area (Å²) in [7, 11) is 1.67. The zero-order valence-electron chi connectivity index (χ0n) is 8.16. The monoisotopic (exact) mass is 198 g/mol. The highest BCUT2D eigenvalue weighted by molar-refractivity contribution is 6.02. The van der Waals surface area contributed by atoms with E-state index < -0.39 is 0 Å². The first-order valence-corrected chi connectivity index (χ1v) is 4.85. The predicted octanol–water partition coefficient (Wildman–Crippen LogP) is 0.106. The highest BCUT2D eigenvalue weighted by Gasteiger charge is 2.38. The lowest BCUT2D eigenvalue weighted by Gasteiger charge is -2.20. The number of nitrogens with one attached hydrogen (secondary N) is 1. The van der Waals surface area contributed by atoms with E-state index in [-0.39, 0.29) is 30.6 Å². The summed E-state index contributed by atoms with van der Waals surface area (Å²) >= 11 is 0. The highest BCUT2D eigenvalue weighted by atomic mass is 16.5. The molecule has 1 N–H and O–H groups in total. The molecule has 5 heteroatoms. The zero-order valence-corrected chi connectivity index (χ0v) is 8.16. The van der Waals surface area contributed by atoms with Crippen molar-refractivity contribution in [2.75, 3.05) is 13.7 Å². The van der Waals surface area contributed by atoms with Crippen LogP contribution in [0.5, 0.6) is 0 Å². The Balaban J connectivity index is 2.02. The lowest BCUT2D eigenvalue weighted by atomic mass is 10.2. The summed E-state index contributed by atoms with van der Waals surface area (Å²) in [6.07, 6.45) is 2.76. The minimum Gasteiger partial charge on any atom is -0.381 e. The van der Waals surface area contributed by atoms with Crippen LogP contribution in [0.1, 0.15) is 19.3 Å². The molecule has 1 saturated heterocycles. The van der Waals surface area contributed by atoms with Crippen molar-refractivity contribution in [1.82, 2.24) is 10.2 Å². The standard InChI is InChI=1S/C9H14N2O3/c1-14-7-3-2-6(4-7)11-8(12)5-10-9(11)13/h6-7H,2-5H2,1H3,(H,10,13). The molecule has 0 radical (unpaired) electrons. The molecule has 1 aliphatic carbocycles. The Morgan fingerprint density at radius 3 is 2.71 bits per heavy atom. The lowest BCUT2D eigenvalue weighted by Crippen LogP contribution is -2.39. The number of amides is 3. The number of hydrogen-bond acceptors (Lipinski definition) is 3. The molecule has 2 atom stereocenters. The van der Waals surface area contributed by atoms with Gasteiger partial charge in [-0.05, 0) is 19.3 Å². The van der Waals surface area contributed by atoms with E-state index in [4.69, 9.17) is 4.74 Å². The summed E-state index contributed by atoms with van der Waals surface area (Å²) in [5, 5.41) is 2.53. The molecule has 5 nitrogen and oxygen atoms in total. The fourth-order valence-electron chi connectivity index (χ4n) is 2.17. The first kappa shape index (κ1) is 9.45. The molecule has 2 fully saturated rings. The van der Waals surface area contributed by atoms with Crippen molar-refractivity contribution >= 4 is 11.9 Å². The maximum absolute atomic E-state index is 11.4. The number of methoxy groups -OCH3 is 1. The minimum absolute atomic E-state index is 0.0370. The van der Waals surface area contributed by atoms with Gasteiger partial charge in [0.15, 0.2) is 0 Å². The van der Waals surface area contributed by atoms with Gasteiger partial charge in [0, 0.05) is 13.2 Å². The number of rotatable bonds is 2. The Bertz CT molecular complexity index is 251. The van der Waals surface area contributed by atoms with Crippen LogP contribution in [0.2, 0.25) is 0 Å². The second-order valence-corrected chi connectivity index (χ2v) is 3.75. The summed E-state index contributed by atoms with van der Waals surface area (Å²) in [5.74, 6) is -0.114. The lowest BCUT2D eigenvalue weighted by molar-refractivity contribution is -0.126. The third kappa shape index (κ3) is 1.48. The van der Waals surface area contributed by atoms with Crippen LogP contribution < -0.4 is 5.32 Å². The second kappa shape index (κ2) is 3.57.